The Morgan fingerprint density at radius 3 is 1.93 bits per heavy atom. The molecule has 0 saturated carbocycles. The molecule has 3 aromatic carbocycles. The third-order valence-electron chi connectivity index (χ3n) is 6.26. The number of hydrogen-bond acceptors (Lipinski definition) is 4. The first-order chi connectivity index (χ1) is 14.7. The van der Waals surface area contributed by atoms with Gasteiger partial charge in [0.2, 0.25) is 0 Å². The lowest BCUT2D eigenvalue weighted by molar-refractivity contribution is 0.114. The maximum atomic E-state index is 5.25. The molecule has 152 valence electrons. The van der Waals surface area contributed by atoms with E-state index in [2.05, 4.69) is 77.5 Å². The number of rotatable bonds is 4. The number of ether oxygens (including phenoxy) is 1. The minimum Gasteiger partial charge on any atom is -0.497 e. The van der Waals surface area contributed by atoms with Crippen LogP contribution in [0.2, 0.25) is 0 Å². The summed E-state index contributed by atoms with van der Waals surface area (Å²) < 4.78 is 5.25. The molecule has 2 aliphatic rings. The second-order valence-corrected chi connectivity index (χ2v) is 7.98. The molecule has 0 spiro atoms. The fourth-order valence-electron chi connectivity index (χ4n) is 4.69. The lowest BCUT2D eigenvalue weighted by atomic mass is 10.0. The molecule has 30 heavy (non-hydrogen) atoms. The molecule has 4 nitrogen and oxygen atoms in total. The largest absolute Gasteiger partial charge is 0.497 e. The second kappa shape index (κ2) is 7.96. The summed E-state index contributed by atoms with van der Waals surface area (Å²) in [5.41, 5.74) is 7.82. The van der Waals surface area contributed by atoms with Crippen molar-refractivity contribution in [2.24, 2.45) is 5.10 Å². The predicted octanol–water partition coefficient (Wildman–Crippen LogP) is 4.81. The van der Waals surface area contributed by atoms with Gasteiger partial charge in [0, 0.05) is 26.2 Å². The summed E-state index contributed by atoms with van der Waals surface area (Å²) in [7, 11) is 1.69. The second-order valence-electron chi connectivity index (χ2n) is 7.98. The Morgan fingerprint density at radius 1 is 0.800 bits per heavy atom. The maximum Gasteiger partial charge on any atom is 0.118 e. The highest BCUT2D eigenvalue weighted by Gasteiger charge is 2.33. The number of fused-ring (bicyclic) bond motifs is 3. The topological polar surface area (TPSA) is 28.1 Å². The molecule has 1 saturated heterocycles. The van der Waals surface area contributed by atoms with Crippen molar-refractivity contribution in [2.75, 3.05) is 33.3 Å². The Bertz CT molecular complexity index is 1020. The van der Waals surface area contributed by atoms with Crippen LogP contribution >= 0.6 is 0 Å². The van der Waals surface area contributed by atoms with Crippen LogP contribution in [0, 0.1) is 0 Å². The monoisotopic (exact) mass is 397 g/mol. The lowest BCUT2D eigenvalue weighted by Gasteiger charge is -2.37. The molecule has 1 aliphatic heterocycles. The van der Waals surface area contributed by atoms with E-state index in [1.54, 1.807) is 7.11 Å². The molecule has 0 bridgehead atoms. The summed E-state index contributed by atoms with van der Waals surface area (Å²) in [4.78, 5) is 2.61. The number of hydrazone groups is 1. The average Bonchev–Trinajstić information content (AvgIpc) is 3.14. The number of nitrogens with zero attached hydrogens (tertiary/aromatic N) is 3. The van der Waals surface area contributed by atoms with Gasteiger partial charge in [-0.2, -0.15) is 5.10 Å². The number of methoxy groups -OCH3 is 1. The summed E-state index contributed by atoms with van der Waals surface area (Å²) in [6, 6.07) is 26.2. The van der Waals surface area contributed by atoms with Crippen molar-refractivity contribution in [3.05, 3.63) is 89.5 Å². The third kappa shape index (κ3) is 3.37. The van der Waals surface area contributed by atoms with Crippen molar-refractivity contribution >= 4 is 5.71 Å². The van der Waals surface area contributed by atoms with Crippen LogP contribution in [-0.2, 0) is 0 Å². The summed E-state index contributed by atoms with van der Waals surface area (Å²) in [5, 5.41) is 7.11. The van der Waals surface area contributed by atoms with Crippen molar-refractivity contribution in [1.29, 1.82) is 0 Å². The molecule has 0 aromatic heterocycles. The summed E-state index contributed by atoms with van der Waals surface area (Å²) >= 11 is 0. The zero-order valence-electron chi connectivity index (χ0n) is 17.6. The van der Waals surface area contributed by atoms with E-state index in [4.69, 9.17) is 9.84 Å². The maximum absolute atomic E-state index is 5.25. The van der Waals surface area contributed by atoms with Crippen LogP contribution in [0.5, 0.6) is 5.75 Å². The third-order valence-corrected chi connectivity index (χ3v) is 6.26. The van der Waals surface area contributed by atoms with Gasteiger partial charge in [-0.1, -0.05) is 48.5 Å². The van der Waals surface area contributed by atoms with Crippen molar-refractivity contribution in [3.63, 3.8) is 0 Å². The van der Waals surface area contributed by atoms with Crippen molar-refractivity contribution < 1.29 is 4.74 Å². The Labute approximate surface area is 178 Å². The Hall–Kier alpha value is -3.11. The molecular formula is C26H27N3O. The minimum absolute atomic E-state index is 0.353. The Balaban J connectivity index is 1.31. The lowest BCUT2D eigenvalue weighted by Crippen LogP contribution is -2.45. The standard InChI is InChI=1S/C26H27N3O/c1-19(20-11-13-21(30-2)14-12-20)27-29-17-15-28(16-18-29)26-24-9-5-3-7-22(24)23-8-4-6-10-25(23)26/h3-14,26H,15-18H2,1-2H3/b27-19-. The molecule has 5 rings (SSSR count). The zero-order chi connectivity index (χ0) is 20.5. The van der Waals surface area contributed by atoms with E-state index in [9.17, 15) is 0 Å². The number of piperazine rings is 1. The number of benzene rings is 3. The van der Waals surface area contributed by atoms with E-state index in [-0.39, 0.29) is 0 Å². The summed E-state index contributed by atoms with van der Waals surface area (Å²) in [5.74, 6) is 0.872. The van der Waals surface area contributed by atoms with Gasteiger partial charge >= 0.3 is 0 Å². The van der Waals surface area contributed by atoms with Crippen molar-refractivity contribution in [3.8, 4) is 16.9 Å². The van der Waals surface area contributed by atoms with Gasteiger partial charge in [-0.3, -0.25) is 9.91 Å². The fraction of sp³-hybridized carbons (Fsp3) is 0.269. The first-order valence-corrected chi connectivity index (χ1v) is 10.6. The quantitative estimate of drug-likeness (QED) is 0.592. The predicted molar refractivity (Wildman–Crippen MR) is 122 cm³/mol. The van der Waals surface area contributed by atoms with E-state index < -0.39 is 0 Å². The molecule has 0 radical (unpaired) electrons. The molecule has 0 N–H and O–H groups in total. The molecule has 3 aromatic rings. The van der Waals surface area contributed by atoms with Gasteiger partial charge in [0.05, 0.1) is 18.9 Å². The molecule has 4 heteroatoms. The molecule has 0 unspecified atom stereocenters. The van der Waals surface area contributed by atoms with E-state index >= 15 is 0 Å². The SMILES string of the molecule is COc1ccc(/C(C)=N\N2CCN(C3c4ccccc4-c4ccccc43)CC2)cc1. The van der Waals surface area contributed by atoms with E-state index in [1.165, 1.54) is 22.3 Å². The van der Waals surface area contributed by atoms with Gasteiger partial charge in [0.25, 0.3) is 0 Å². The van der Waals surface area contributed by atoms with Crippen LogP contribution in [0.3, 0.4) is 0 Å². The molecular weight excluding hydrogens is 370 g/mol. The highest BCUT2D eigenvalue weighted by molar-refractivity contribution is 5.98. The highest BCUT2D eigenvalue weighted by atomic mass is 16.5. The highest BCUT2D eigenvalue weighted by Crippen LogP contribution is 2.46. The van der Waals surface area contributed by atoms with Crippen molar-refractivity contribution in [2.45, 2.75) is 13.0 Å². The first-order valence-electron chi connectivity index (χ1n) is 10.6. The van der Waals surface area contributed by atoms with E-state index in [0.717, 1.165) is 43.2 Å². The molecule has 1 heterocycles. The van der Waals surface area contributed by atoms with Crippen LogP contribution in [0.25, 0.3) is 11.1 Å². The minimum atomic E-state index is 0.353. The summed E-state index contributed by atoms with van der Waals surface area (Å²) in [6.07, 6.45) is 0. The van der Waals surface area contributed by atoms with Crippen LogP contribution in [0.15, 0.2) is 77.9 Å². The Morgan fingerprint density at radius 2 is 1.37 bits per heavy atom. The van der Waals surface area contributed by atoms with Gasteiger partial charge in [-0.15, -0.1) is 0 Å². The molecule has 1 fully saturated rings. The van der Waals surface area contributed by atoms with Crippen LogP contribution in [-0.4, -0.2) is 48.9 Å². The van der Waals surface area contributed by atoms with Gasteiger partial charge < -0.3 is 4.74 Å². The van der Waals surface area contributed by atoms with Gasteiger partial charge in [0.15, 0.2) is 0 Å². The summed E-state index contributed by atoms with van der Waals surface area (Å²) in [6.45, 7) is 5.97. The van der Waals surface area contributed by atoms with Crippen LogP contribution in [0.4, 0.5) is 0 Å². The molecule has 0 atom stereocenters. The average molecular weight is 398 g/mol. The normalized spacial score (nSPS) is 17.0. The van der Waals surface area contributed by atoms with E-state index in [1.807, 2.05) is 12.1 Å². The first kappa shape index (κ1) is 18.9. The van der Waals surface area contributed by atoms with Crippen LogP contribution in [0.1, 0.15) is 29.7 Å². The molecule has 0 amide bonds. The Kier molecular flexibility index (Phi) is 5.01. The van der Waals surface area contributed by atoms with E-state index in [0.29, 0.717) is 6.04 Å². The van der Waals surface area contributed by atoms with Gasteiger partial charge in [-0.05, 0) is 59.0 Å². The van der Waals surface area contributed by atoms with Gasteiger partial charge in [0.1, 0.15) is 5.75 Å². The fourth-order valence-corrected chi connectivity index (χ4v) is 4.69. The zero-order valence-corrected chi connectivity index (χ0v) is 17.6. The smallest absolute Gasteiger partial charge is 0.118 e. The molecule has 1 aliphatic carbocycles. The van der Waals surface area contributed by atoms with Crippen LogP contribution < -0.4 is 4.74 Å². The van der Waals surface area contributed by atoms with Crippen molar-refractivity contribution in [1.82, 2.24) is 9.91 Å². The van der Waals surface area contributed by atoms with Gasteiger partial charge in [-0.25, -0.2) is 0 Å². The number of hydrogen-bond donors (Lipinski definition) is 0.